The third-order valence-electron chi connectivity index (χ3n) is 3.37. The minimum Gasteiger partial charge on any atom is -0.393 e. The monoisotopic (exact) mass is 223 g/mol. The number of hydrogen-bond donors (Lipinski definition) is 2. The van der Waals surface area contributed by atoms with Crippen molar-refractivity contribution in [2.45, 2.75) is 31.8 Å². The van der Waals surface area contributed by atoms with E-state index in [0.29, 0.717) is 5.92 Å². The normalized spacial score (nSPS) is 23.2. The van der Waals surface area contributed by atoms with Crippen LogP contribution in [0.5, 0.6) is 0 Å². The van der Waals surface area contributed by atoms with Crippen LogP contribution in [-0.4, -0.2) is 34.1 Å². The van der Waals surface area contributed by atoms with E-state index in [1.54, 1.807) is 0 Å². The molecule has 0 radical (unpaired) electrons. The molecule has 4 nitrogen and oxygen atoms in total. The van der Waals surface area contributed by atoms with Gasteiger partial charge >= 0.3 is 0 Å². The highest BCUT2D eigenvalue weighted by atomic mass is 16.3. The van der Waals surface area contributed by atoms with Crippen LogP contribution in [0, 0.1) is 5.92 Å². The SMILES string of the molecule is Cn1cc(CCC(O)C2CCCNC2)cn1. The van der Waals surface area contributed by atoms with Gasteiger partial charge < -0.3 is 10.4 Å². The Hall–Kier alpha value is -0.870. The van der Waals surface area contributed by atoms with Crippen molar-refractivity contribution in [1.29, 1.82) is 0 Å². The first-order valence-corrected chi connectivity index (χ1v) is 6.12. The molecule has 0 spiro atoms. The summed E-state index contributed by atoms with van der Waals surface area (Å²) >= 11 is 0. The number of piperidine rings is 1. The lowest BCUT2D eigenvalue weighted by Crippen LogP contribution is -2.36. The fourth-order valence-electron chi connectivity index (χ4n) is 2.36. The Morgan fingerprint density at radius 1 is 1.69 bits per heavy atom. The Balaban J connectivity index is 1.76. The van der Waals surface area contributed by atoms with Crippen molar-refractivity contribution >= 4 is 0 Å². The molecule has 90 valence electrons. The van der Waals surface area contributed by atoms with E-state index >= 15 is 0 Å². The summed E-state index contributed by atoms with van der Waals surface area (Å²) in [4.78, 5) is 0. The summed E-state index contributed by atoms with van der Waals surface area (Å²) in [5.74, 6) is 0.436. The first-order chi connectivity index (χ1) is 7.75. The predicted molar refractivity (Wildman–Crippen MR) is 63.1 cm³/mol. The highest BCUT2D eigenvalue weighted by Gasteiger charge is 2.21. The van der Waals surface area contributed by atoms with Crippen LogP contribution in [0.3, 0.4) is 0 Å². The van der Waals surface area contributed by atoms with Crippen molar-refractivity contribution in [3.63, 3.8) is 0 Å². The summed E-state index contributed by atoms with van der Waals surface area (Å²) < 4.78 is 1.81. The number of aliphatic hydroxyl groups excluding tert-OH is 1. The molecule has 1 aromatic heterocycles. The van der Waals surface area contributed by atoms with E-state index in [9.17, 15) is 5.11 Å². The topological polar surface area (TPSA) is 50.1 Å². The highest BCUT2D eigenvalue weighted by molar-refractivity contribution is 5.03. The van der Waals surface area contributed by atoms with Gasteiger partial charge in [0.15, 0.2) is 0 Å². The van der Waals surface area contributed by atoms with Crippen molar-refractivity contribution in [3.8, 4) is 0 Å². The lowest BCUT2D eigenvalue weighted by molar-refractivity contribution is 0.0844. The fraction of sp³-hybridized carbons (Fsp3) is 0.750. The van der Waals surface area contributed by atoms with Crippen LogP contribution in [0.4, 0.5) is 0 Å². The summed E-state index contributed by atoms with van der Waals surface area (Å²) in [6.45, 7) is 2.07. The molecule has 1 aliphatic rings. The molecule has 16 heavy (non-hydrogen) atoms. The first kappa shape index (κ1) is 11.6. The van der Waals surface area contributed by atoms with Crippen molar-refractivity contribution in [2.24, 2.45) is 13.0 Å². The van der Waals surface area contributed by atoms with Gasteiger partial charge in [-0.05, 0) is 43.7 Å². The summed E-state index contributed by atoms with van der Waals surface area (Å²) in [5.41, 5.74) is 1.21. The lowest BCUT2D eigenvalue weighted by atomic mass is 9.90. The quantitative estimate of drug-likeness (QED) is 0.790. The summed E-state index contributed by atoms with van der Waals surface area (Å²) in [7, 11) is 1.92. The number of nitrogens with zero attached hydrogens (tertiary/aromatic N) is 2. The molecular weight excluding hydrogens is 202 g/mol. The van der Waals surface area contributed by atoms with Gasteiger partial charge in [-0.1, -0.05) is 0 Å². The largest absolute Gasteiger partial charge is 0.393 e. The zero-order valence-electron chi connectivity index (χ0n) is 9.89. The third kappa shape index (κ3) is 3.06. The molecule has 4 heteroatoms. The molecule has 0 aliphatic carbocycles. The number of aromatic nitrogens is 2. The highest BCUT2D eigenvalue weighted by Crippen LogP contribution is 2.18. The van der Waals surface area contributed by atoms with Crippen LogP contribution in [0.2, 0.25) is 0 Å². The number of hydrogen-bond acceptors (Lipinski definition) is 3. The number of nitrogens with one attached hydrogen (secondary N) is 1. The molecule has 0 saturated carbocycles. The maximum Gasteiger partial charge on any atom is 0.0583 e. The minimum atomic E-state index is -0.173. The van der Waals surface area contributed by atoms with Crippen LogP contribution < -0.4 is 5.32 Å². The van der Waals surface area contributed by atoms with Gasteiger partial charge in [-0.3, -0.25) is 4.68 Å². The fourth-order valence-corrected chi connectivity index (χ4v) is 2.36. The molecule has 0 amide bonds. The van der Waals surface area contributed by atoms with E-state index < -0.39 is 0 Å². The molecule has 1 aromatic rings. The molecule has 1 saturated heterocycles. The van der Waals surface area contributed by atoms with Gasteiger partial charge in [0, 0.05) is 19.8 Å². The van der Waals surface area contributed by atoms with E-state index in [4.69, 9.17) is 0 Å². The molecular formula is C12H21N3O. The van der Waals surface area contributed by atoms with E-state index in [1.807, 2.05) is 24.1 Å². The zero-order chi connectivity index (χ0) is 11.4. The molecule has 2 rings (SSSR count). The van der Waals surface area contributed by atoms with Gasteiger partial charge in [0.1, 0.15) is 0 Å². The number of aryl methyl sites for hydroxylation is 2. The third-order valence-corrected chi connectivity index (χ3v) is 3.37. The average molecular weight is 223 g/mol. The Labute approximate surface area is 96.7 Å². The molecule has 0 bridgehead atoms. The van der Waals surface area contributed by atoms with E-state index in [2.05, 4.69) is 10.4 Å². The second-order valence-corrected chi connectivity index (χ2v) is 4.73. The zero-order valence-corrected chi connectivity index (χ0v) is 9.89. The van der Waals surface area contributed by atoms with Gasteiger partial charge in [0.05, 0.1) is 12.3 Å². The second-order valence-electron chi connectivity index (χ2n) is 4.73. The lowest BCUT2D eigenvalue weighted by Gasteiger charge is -2.27. The standard InChI is InChI=1S/C12H21N3O/c1-15-9-10(7-14-15)4-5-12(16)11-3-2-6-13-8-11/h7,9,11-13,16H,2-6,8H2,1H3. The van der Waals surface area contributed by atoms with Crippen LogP contribution in [-0.2, 0) is 13.5 Å². The van der Waals surface area contributed by atoms with Crippen molar-refractivity contribution in [2.75, 3.05) is 13.1 Å². The van der Waals surface area contributed by atoms with Gasteiger partial charge in [-0.15, -0.1) is 0 Å². The van der Waals surface area contributed by atoms with E-state index in [1.165, 1.54) is 12.0 Å². The summed E-state index contributed by atoms with van der Waals surface area (Å²) in [6, 6.07) is 0. The maximum absolute atomic E-state index is 10.1. The molecule has 2 N–H and O–H groups in total. The molecule has 0 aromatic carbocycles. The molecule has 2 unspecified atom stereocenters. The van der Waals surface area contributed by atoms with Crippen molar-refractivity contribution in [3.05, 3.63) is 18.0 Å². The number of rotatable bonds is 4. The summed E-state index contributed by atoms with van der Waals surface area (Å²) in [5, 5.41) is 17.5. The van der Waals surface area contributed by atoms with Crippen molar-refractivity contribution < 1.29 is 5.11 Å². The Bertz CT molecular complexity index is 318. The number of aliphatic hydroxyl groups is 1. The maximum atomic E-state index is 10.1. The first-order valence-electron chi connectivity index (χ1n) is 6.12. The molecule has 1 aliphatic heterocycles. The van der Waals surface area contributed by atoms with Crippen LogP contribution >= 0.6 is 0 Å². The van der Waals surface area contributed by atoms with Crippen LogP contribution in [0.25, 0.3) is 0 Å². The summed E-state index contributed by atoms with van der Waals surface area (Å²) in [6.07, 6.45) is 7.84. The Morgan fingerprint density at radius 2 is 2.56 bits per heavy atom. The molecule has 1 fully saturated rings. The van der Waals surface area contributed by atoms with Gasteiger partial charge in [-0.2, -0.15) is 5.10 Å². The smallest absolute Gasteiger partial charge is 0.0583 e. The Kier molecular flexibility index (Phi) is 3.96. The Morgan fingerprint density at radius 3 is 3.19 bits per heavy atom. The predicted octanol–water partition coefficient (Wildman–Crippen LogP) is 0.713. The second kappa shape index (κ2) is 5.46. The van der Waals surface area contributed by atoms with Gasteiger partial charge in [0.2, 0.25) is 0 Å². The van der Waals surface area contributed by atoms with Crippen molar-refractivity contribution in [1.82, 2.24) is 15.1 Å². The van der Waals surface area contributed by atoms with E-state index in [0.717, 1.165) is 32.4 Å². The molecule has 2 heterocycles. The van der Waals surface area contributed by atoms with E-state index in [-0.39, 0.29) is 6.10 Å². The van der Waals surface area contributed by atoms with Gasteiger partial charge in [-0.25, -0.2) is 0 Å². The van der Waals surface area contributed by atoms with Crippen LogP contribution in [0.1, 0.15) is 24.8 Å². The average Bonchev–Trinajstić information content (AvgIpc) is 2.73. The minimum absolute atomic E-state index is 0.173. The van der Waals surface area contributed by atoms with Crippen LogP contribution in [0.15, 0.2) is 12.4 Å². The van der Waals surface area contributed by atoms with Gasteiger partial charge in [0.25, 0.3) is 0 Å². The molecule has 2 atom stereocenters.